The summed E-state index contributed by atoms with van der Waals surface area (Å²) in [6, 6.07) is 5.22. The molecule has 27 heavy (non-hydrogen) atoms. The second-order valence-electron chi connectivity index (χ2n) is 8.24. The van der Waals surface area contributed by atoms with Gasteiger partial charge in [0.15, 0.2) is 0 Å². The van der Waals surface area contributed by atoms with Crippen molar-refractivity contribution in [3.8, 4) is 0 Å². The van der Waals surface area contributed by atoms with E-state index in [2.05, 4.69) is 31.0 Å². The number of nitrogens with zero attached hydrogens (tertiary/aromatic N) is 3. The van der Waals surface area contributed by atoms with Crippen molar-refractivity contribution in [1.29, 1.82) is 0 Å². The number of hydrogen-bond donors (Lipinski definition) is 1. The predicted octanol–water partition coefficient (Wildman–Crippen LogP) is 3.80. The van der Waals surface area contributed by atoms with Crippen molar-refractivity contribution in [2.75, 3.05) is 42.9 Å². The van der Waals surface area contributed by atoms with Crippen LogP contribution in [-0.2, 0) is 4.79 Å². The van der Waals surface area contributed by atoms with Crippen LogP contribution in [0.25, 0.3) is 0 Å². The third-order valence-corrected chi connectivity index (χ3v) is 5.64. The van der Waals surface area contributed by atoms with E-state index in [4.69, 9.17) is 11.6 Å². The van der Waals surface area contributed by atoms with Gasteiger partial charge in [0, 0.05) is 50.4 Å². The summed E-state index contributed by atoms with van der Waals surface area (Å²) in [5.74, 6) is 0.115. The van der Waals surface area contributed by atoms with E-state index >= 15 is 0 Å². The molecule has 3 rings (SSSR count). The largest absolute Gasteiger partial charge is 0.323 e. The number of carbonyl (C=O) groups is 2. The zero-order chi connectivity index (χ0) is 19.6. The van der Waals surface area contributed by atoms with Gasteiger partial charge in [-0.25, -0.2) is 4.79 Å². The molecule has 6 nitrogen and oxygen atoms in total. The van der Waals surface area contributed by atoms with Gasteiger partial charge in [0.25, 0.3) is 0 Å². The molecular formula is C20H29ClN4O2. The van der Waals surface area contributed by atoms with Gasteiger partial charge in [-0.05, 0) is 51.8 Å². The van der Waals surface area contributed by atoms with Crippen LogP contribution in [0.1, 0.15) is 40.0 Å². The number of anilines is 2. The number of halogens is 1. The van der Waals surface area contributed by atoms with Gasteiger partial charge < -0.3 is 15.1 Å². The van der Waals surface area contributed by atoms with Crippen LogP contribution in [0.5, 0.6) is 0 Å². The summed E-state index contributed by atoms with van der Waals surface area (Å²) in [5.41, 5.74) is 1.44. The Morgan fingerprint density at radius 3 is 2.52 bits per heavy atom. The number of amides is 3. The first-order valence-corrected chi connectivity index (χ1v) is 10.0. The summed E-state index contributed by atoms with van der Waals surface area (Å²) in [6.07, 6.45) is 2.38. The van der Waals surface area contributed by atoms with Crippen LogP contribution in [0.2, 0.25) is 5.02 Å². The molecule has 0 radical (unpaired) electrons. The number of carbonyl (C=O) groups excluding carboxylic acids is 2. The van der Waals surface area contributed by atoms with Gasteiger partial charge in [-0.1, -0.05) is 11.6 Å². The lowest BCUT2D eigenvalue weighted by molar-refractivity contribution is -0.117. The van der Waals surface area contributed by atoms with Crippen LogP contribution in [0.4, 0.5) is 16.2 Å². The lowest BCUT2D eigenvalue weighted by atomic mass is 10.1. The van der Waals surface area contributed by atoms with Crippen LogP contribution in [0, 0.1) is 0 Å². The van der Waals surface area contributed by atoms with Crippen molar-refractivity contribution >= 4 is 34.9 Å². The molecule has 0 atom stereocenters. The summed E-state index contributed by atoms with van der Waals surface area (Å²) in [6.45, 7) is 10.6. The second kappa shape index (κ2) is 8.07. The molecule has 0 aliphatic carbocycles. The molecule has 2 fully saturated rings. The van der Waals surface area contributed by atoms with Crippen molar-refractivity contribution in [3.63, 3.8) is 0 Å². The zero-order valence-electron chi connectivity index (χ0n) is 16.4. The highest BCUT2D eigenvalue weighted by atomic mass is 35.5. The highest BCUT2D eigenvalue weighted by molar-refractivity contribution is 6.33. The van der Waals surface area contributed by atoms with E-state index in [1.807, 2.05) is 11.0 Å². The first-order valence-electron chi connectivity index (χ1n) is 9.66. The molecule has 0 aromatic heterocycles. The van der Waals surface area contributed by atoms with E-state index in [9.17, 15) is 9.59 Å². The van der Waals surface area contributed by atoms with Gasteiger partial charge in [0.1, 0.15) is 0 Å². The summed E-state index contributed by atoms with van der Waals surface area (Å²) < 4.78 is 0. The Hall–Kier alpha value is -1.79. The molecule has 7 heteroatoms. The molecule has 2 saturated heterocycles. The minimum Gasteiger partial charge on any atom is -0.323 e. The quantitative estimate of drug-likeness (QED) is 0.832. The Balaban J connectivity index is 1.68. The Labute approximate surface area is 166 Å². The third-order valence-electron chi connectivity index (χ3n) is 5.31. The topological polar surface area (TPSA) is 55.9 Å². The first kappa shape index (κ1) is 20.0. The molecule has 1 aromatic carbocycles. The van der Waals surface area contributed by atoms with Gasteiger partial charge >= 0.3 is 6.03 Å². The predicted molar refractivity (Wildman–Crippen MR) is 110 cm³/mol. The van der Waals surface area contributed by atoms with Gasteiger partial charge in [0.05, 0.1) is 10.7 Å². The maximum absolute atomic E-state index is 12.8. The number of nitrogens with one attached hydrogen (secondary N) is 1. The molecule has 0 spiro atoms. The standard InChI is InChI=1S/C20H29ClN4O2/c1-20(2,3)24-10-5-9-23(12-13-24)19(27)22-17-14-15(7-8-16(17)21)25-11-4-6-18(25)26/h7-8,14H,4-6,9-13H2,1-3H3,(H,22,27). The molecule has 3 amide bonds. The minimum absolute atomic E-state index is 0.104. The molecule has 148 valence electrons. The number of benzene rings is 1. The number of urea groups is 1. The van der Waals surface area contributed by atoms with Gasteiger partial charge in [-0.2, -0.15) is 0 Å². The molecular weight excluding hydrogens is 364 g/mol. The SMILES string of the molecule is CC(C)(C)N1CCCN(C(=O)Nc2cc(N3CCCC3=O)ccc2Cl)CC1. The third kappa shape index (κ3) is 4.74. The maximum Gasteiger partial charge on any atom is 0.321 e. The van der Waals surface area contributed by atoms with E-state index < -0.39 is 0 Å². The van der Waals surface area contributed by atoms with Crippen LogP contribution in [0.15, 0.2) is 18.2 Å². The van der Waals surface area contributed by atoms with Crippen LogP contribution < -0.4 is 10.2 Å². The van der Waals surface area contributed by atoms with Crippen LogP contribution in [-0.4, -0.2) is 60.0 Å². The molecule has 2 heterocycles. The Morgan fingerprint density at radius 2 is 1.85 bits per heavy atom. The molecule has 0 unspecified atom stereocenters. The van der Waals surface area contributed by atoms with Gasteiger partial charge in [-0.15, -0.1) is 0 Å². The number of rotatable bonds is 2. The van der Waals surface area contributed by atoms with E-state index in [1.165, 1.54) is 0 Å². The van der Waals surface area contributed by atoms with E-state index in [0.717, 1.165) is 38.2 Å². The lowest BCUT2D eigenvalue weighted by Gasteiger charge is -2.34. The van der Waals surface area contributed by atoms with E-state index in [-0.39, 0.29) is 17.5 Å². The summed E-state index contributed by atoms with van der Waals surface area (Å²) in [4.78, 5) is 30.8. The van der Waals surface area contributed by atoms with Gasteiger partial charge in [-0.3, -0.25) is 9.69 Å². The Bertz CT molecular complexity index is 716. The summed E-state index contributed by atoms with van der Waals surface area (Å²) >= 11 is 6.29. The Morgan fingerprint density at radius 1 is 1.07 bits per heavy atom. The van der Waals surface area contributed by atoms with E-state index in [1.54, 1.807) is 17.0 Å². The monoisotopic (exact) mass is 392 g/mol. The van der Waals surface area contributed by atoms with Crippen molar-refractivity contribution in [1.82, 2.24) is 9.80 Å². The smallest absolute Gasteiger partial charge is 0.321 e. The van der Waals surface area contributed by atoms with E-state index in [0.29, 0.717) is 30.2 Å². The van der Waals surface area contributed by atoms with Crippen molar-refractivity contribution in [3.05, 3.63) is 23.2 Å². The van der Waals surface area contributed by atoms with Crippen molar-refractivity contribution in [2.45, 2.75) is 45.6 Å². The van der Waals surface area contributed by atoms with Crippen LogP contribution in [0.3, 0.4) is 0 Å². The van der Waals surface area contributed by atoms with Crippen molar-refractivity contribution in [2.24, 2.45) is 0 Å². The van der Waals surface area contributed by atoms with Gasteiger partial charge in [0.2, 0.25) is 5.91 Å². The normalized spacial score (nSPS) is 19.3. The fourth-order valence-corrected chi connectivity index (χ4v) is 3.85. The second-order valence-corrected chi connectivity index (χ2v) is 8.65. The van der Waals surface area contributed by atoms with Crippen molar-refractivity contribution < 1.29 is 9.59 Å². The molecule has 0 saturated carbocycles. The average Bonchev–Trinajstić information content (AvgIpc) is 2.87. The highest BCUT2D eigenvalue weighted by Crippen LogP contribution is 2.30. The summed E-state index contributed by atoms with van der Waals surface area (Å²) in [5, 5.41) is 3.42. The highest BCUT2D eigenvalue weighted by Gasteiger charge is 2.26. The fraction of sp³-hybridized carbons (Fsp3) is 0.600. The Kier molecular flexibility index (Phi) is 5.96. The molecule has 2 aliphatic rings. The lowest BCUT2D eigenvalue weighted by Crippen LogP contribution is -2.44. The summed E-state index contributed by atoms with van der Waals surface area (Å²) in [7, 11) is 0. The molecule has 1 N–H and O–H groups in total. The number of hydrogen-bond acceptors (Lipinski definition) is 3. The molecule has 0 bridgehead atoms. The minimum atomic E-state index is -0.141. The fourth-order valence-electron chi connectivity index (χ4n) is 3.68. The average molecular weight is 393 g/mol. The first-order chi connectivity index (χ1) is 12.8. The molecule has 1 aromatic rings. The molecule has 2 aliphatic heterocycles. The maximum atomic E-state index is 12.8. The zero-order valence-corrected chi connectivity index (χ0v) is 17.2. The van der Waals surface area contributed by atoms with Crippen LogP contribution >= 0.6 is 11.6 Å².